The summed E-state index contributed by atoms with van der Waals surface area (Å²) < 4.78 is 34.2. The average Bonchev–Trinajstić information content (AvgIpc) is 2.91. The fraction of sp³-hybridized carbons (Fsp3) is 0.286. The fourth-order valence-electron chi connectivity index (χ4n) is 3.87. The number of carbonyl (C=O) groups excluding carboxylic acids is 2. The molecular weight excluding hydrogens is 561 g/mol. The van der Waals surface area contributed by atoms with Crippen LogP contribution in [0.4, 0.5) is 5.69 Å². The van der Waals surface area contributed by atoms with Crippen molar-refractivity contribution in [2.75, 3.05) is 24.5 Å². The van der Waals surface area contributed by atoms with E-state index in [0.29, 0.717) is 28.0 Å². The van der Waals surface area contributed by atoms with Crippen molar-refractivity contribution in [3.05, 3.63) is 87.9 Å². The number of carbonyl (C=O) groups is 2. The minimum Gasteiger partial charge on any atom is -0.494 e. The molecule has 3 rings (SSSR count). The number of nitrogens with one attached hydrogen (secondary N) is 1. The highest BCUT2D eigenvalue weighted by Gasteiger charge is 2.32. The number of benzene rings is 3. The molecule has 3 aromatic rings. The summed E-state index contributed by atoms with van der Waals surface area (Å²) in [5, 5.41) is 3.28. The molecule has 11 heteroatoms. The molecule has 0 heterocycles. The normalized spacial score (nSPS) is 11.9. The van der Waals surface area contributed by atoms with Crippen molar-refractivity contribution >= 4 is 50.7 Å². The lowest BCUT2D eigenvalue weighted by atomic mass is 10.1. The topological polar surface area (TPSA) is 96.0 Å². The van der Waals surface area contributed by atoms with E-state index in [1.807, 2.05) is 13.8 Å². The van der Waals surface area contributed by atoms with Crippen molar-refractivity contribution in [2.24, 2.45) is 0 Å². The molecule has 0 aliphatic carbocycles. The Hall–Kier alpha value is -3.27. The van der Waals surface area contributed by atoms with Gasteiger partial charge in [0.1, 0.15) is 18.3 Å². The van der Waals surface area contributed by atoms with Crippen molar-refractivity contribution in [3.8, 4) is 5.75 Å². The number of halogens is 2. The second kappa shape index (κ2) is 13.2. The van der Waals surface area contributed by atoms with E-state index in [1.54, 1.807) is 61.5 Å². The number of rotatable bonds is 11. The first kappa shape index (κ1) is 30.3. The van der Waals surface area contributed by atoms with Gasteiger partial charge in [-0.3, -0.25) is 13.9 Å². The Balaban J connectivity index is 2.04. The zero-order valence-electron chi connectivity index (χ0n) is 22.1. The molecule has 3 aromatic carbocycles. The Labute approximate surface area is 239 Å². The molecular formula is C28H31Cl2N3O5S. The molecule has 0 radical (unpaired) electrons. The van der Waals surface area contributed by atoms with Crippen LogP contribution in [0.15, 0.2) is 71.6 Å². The number of sulfonamides is 1. The Kier molecular flexibility index (Phi) is 10.2. The number of aryl methyl sites for hydroxylation is 1. The van der Waals surface area contributed by atoms with Crippen LogP contribution in [0.5, 0.6) is 5.75 Å². The van der Waals surface area contributed by atoms with Crippen LogP contribution in [0.1, 0.15) is 25.0 Å². The number of hydrogen-bond acceptors (Lipinski definition) is 5. The molecule has 1 N–H and O–H groups in total. The summed E-state index contributed by atoms with van der Waals surface area (Å²) in [6.07, 6.45) is 0. The molecule has 0 spiro atoms. The molecule has 0 saturated carbocycles. The second-order valence-corrected chi connectivity index (χ2v) is 11.5. The van der Waals surface area contributed by atoms with E-state index in [1.165, 1.54) is 24.1 Å². The van der Waals surface area contributed by atoms with Gasteiger partial charge >= 0.3 is 0 Å². The molecule has 39 heavy (non-hydrogen) atoms. The number of likely N-dealkylation sites (N-methyl/N-ethyl adjacent to an activating group) is 1. The van der Waals surface area contributed by atoms with Gasteiger partial charge < -0.3 is 15.0 Å². The Morgan fingerprint density at radius 3 is 2.21 bits per heavy atom. The summed E-state index contributed by atoms with van der Waals surface area (Å²) in [5.74, 6) is -0.448. The third kappa shape index (κ3) is 7.44. The molecule has 0 aliphatic rings. The molecule has 1 atom stereocenters. The maximum Gasteiger partial charge on any atom is 0.264 e. The minimum atomic E-state index is -4.16. The number of hydrogen-bond donors (Lipinski definition) is 1. The highest BCUT2D eigenvalue weighted by molar-refractivity contribution is 7.92. The van der Waals surface area contributed by atoms with Gasteiger partial charge in [-0.25, -0.2) is 8.42 Å². The number of anilines is 1. The lowest BCUT2D eigenvalue weighted by molar-refractivity contribution is -0.139. The van der Waals surface area contributed by atoms with E-state index in [-0.39, 0.29) is 17.1 Å². The predicted molar refractivity (Wildman–Crippen MR) is 154 cm³/mol. The average molecular weight is 593 g/mol. The van der Waals surface area contributed by atoms with Crippen LogP contribution in [0.2, 0.25) is 10.0 Å². The van der Waals surface area contributed by atoms with Crippen LogP contribution in [0.25, 0.3) is 0 Å². The standard InChI is InChI=1S/C28H31Cl2N3O5S/c1-5-38-24-12-10-23(11-13-24)33(39(36,37)25-14-6-19(2)7-15-25)18-27(34)32(20(3)28(35)31-4)17-21-8-9-22(29)16-26(21)30/h6-16,20H,5,17-18H2,1-4H3,(H,31,35)/t20-/m1/s1. The third-order valence-corrected chi connectivity index (χ3v) is 8.47. The van der Waals surface area contributed by atoms with Gasteiger partial charge in [0.25, 0.3) is 10.0 Å². The van der Waals surface area contributed by atoms with Crippen LogP contribution >= 0.6 is 23.2 Å². The van der Waals surface area contributed by atoms with E-state index in [0.717, 1.165) is 9.87 Å². The van der Waals surface area contributed by atoms with Gasteiger partial charge in [-0.05, 0) is 74.9 Å². The van der Waals surface area contributed by atoms with Gasteiger partial charge in [-0.2, -0.15) is 0 Å². The maximum atomic E-state index is 13.8. The highest BCUT2D eigenvalue weighted by Crippen LogP contribution is 2.28. The SMILES string of the molecule is CCOc1ccc(N(CC(=O)N(Cc2ccc(Cl)cc2Cl)[C@H](C)C(=O)NC)S(=O)(=O)c2ccc(C)cc2)cc1. The molecule has 0 bridgehead atoms. The van der Waals surface area contributed by atoms with E-state index in [4.69, 9.17) is 27.9 Å². The first-order valence-electron chi connectivity index (χ1n) is 12.2. The van der Waals surface area contributed by atoms with Crippen LogP contribution in [0, 0.1) is 6.92 Å². The zero-order valence-corrected chi connectivity index (χ0v) is 24.5. The molecule has 0 fully saturated rings. The van der Waals surface area contributed by atoms with E-state index >= 15 is 0 Å². The van der Waals surface area contributed by atoms with Crippen molar-refractivity contribution in [3.63, 3.8) is 0 Å². The van der Waals surface area contributed by atoms with E-state index < -0.39 is 34.4 Å². The first-order chi connectivity index (χ1) is 18.5. The molecule has 2 amide bonds. The number of nitrogens with zero attached hydrogens (tertiary/aromatic N) is 2. The van der Waals surface area contributed by atoms with E-state index in [9.17, 15) is 18.0 Å². The lowest BCUT2D eigenvalue weighted by Crippen LogP contribution is -2.50. The second-order valence-electron chi connectivity index (χ2n) is 8.80. The summed E-state index contributed by atoms with van der Waals surface area (Å²) >= 11 is 12.4. The van der Waals surface area contributed by atoms with E-state index in [2.05, 4.69) is 5.32 Å². The molecule has 208 valence electrons. The monoisotopic (exact) mass is 591 g/mol. The Bertz CT molecular complexity index is 1410. The van der Waals surface area contributed by atoms with Gasteiger partial charge in [0.15, 0.2) is 0 Å². The number of ether oxygens (including phenoxy) is 1. The first-order valence-corrected chi connectivity index (χ1v) is 14.4. The molecule has 8 nitrogen and oxygen atoms in total. The molecule has 0 aromatic heterocycles. The van der Waals surface area contributed by atoms with Crippen LogP contribution in [0.3, 0.4) is 0 Å². The summed E-state index contributed by atoms with van der Waals surface area (Å²) in [7, 11) is -2.70. The van der Waals surface area contributed by atoms with Gasteiger partial charge in [0.2, 0.25) is 11.8 Å². The van der Waals surface area contributed by atoms with Crippen molar-refractivity contribution < 1.29 is 22.7 Å². The Morgan fingerprint density at radius 1 is 1.00 bits per heavy atom. The number of amides is 2. The largest absolute Gasteiger partial charge is 0.494 e. The fourth-order valence-corrected chi connectivity index (χ4v) is 5.75. The summed E-state index contributed by atoms with van der Waals surface area (Å²) in [4.78, 5) is 27.7. The van der Waals surface area contributed by atoms with Crippen LogP contribution < -0.4 is 14.4 Å². The van der Waals surface area contributed by atoms with Gasteiger partial charge in [0, 0.05) is 23.6 Å². The minimum absolute atomic E-state index is 0.0291. The molecule has 0 unspecified atom stereocenters. The summed E-state index contributed by atoms with van der Waals surface area (Å²) in [5.41, 5.74) is 1.71. The zero-order chi connectivity index (χ0) is 28.7. The predicted octanol–water partition coefficient (Wildman–Crippen LogP) is 5.06. The maximum absolute atomic E-state index is 13.8. The van der Waals surface area contributed by atoms with Gasteiger partial charge in [0.05, 0.1) is 17.2 Å². The quantitative estimate of drug-likeness (QED) is 0.336. The molecule has 0 aliphatic heterocycles. The highest BCUT2D eigenvalue weighted by atomic mass is 35.5. The lowest BCUT2D eigenvalue weighted by Gasteiger charge is -2.32. The van der Waals surface area contributed by atoms with Crippen LogP contribution in [-0.4, -0.2) is 51.4 Å². The van der Waals surface area contributed by atoms with Crippen molar-refractivity contribution in [2.45, 2.75) is 38.3 Å². The third-order valence-electron chi connectivity index (χ3n) is 6.09. The Morgan fingerprint density at radius 2 is 1.64 bits per heavy atom. The smallest absolute Gasteiger partial charge is 0.264 e. The summed E-state index contributed by atoms with van der Waals surface area (Å²) in [6, 6.07) is 16.7. The summed E-state index contributed by atoms with van der Waals surface area (Å²) in [6.45, 7) is 5.11. The molecule has 0 saturated heterocycles. The van der Waals surface area contributed by atoms with Crippen LogP contribution in [-0.2, 0) is 26.2 Å². The van der Waals surface area contributed by atoms with Crippen molar-refractivity contribution in [1.29, 1.82) is 0 Å². The van der Waals surface area contributed by atoms with Gasteiger partial charge in [-0.15, -0.1) is 0 Å². The van der Waals surface area contributed by atoms with Gasteiger partial charge in [-0.1, -0.05) is 47.0 Å². The van der Waals surface area contributed by atoms with Crippen molar-refractivity contribution in [1.82, 2.24) is 10.2 Å².